The van der Waals surface area contributed by atoms with E-state index in [1.807, 2.05) is 54.6 Å². The van der Waals surface area contributed by atoms with E-state index in [1.165, 1.54) is 5.56 Å². The highest BCUT2D eigenvalue weighted by atomic mass is 16.5. The van der Waals surface area contributed by atoms with Crippen LogP contribution in [-0.4, -0.2) is 49.2 Å². The molecule has 0 unspecified atom stereocenters. The van der Waals surface area contributed by atoms with Crippen LogP contribution in [0.3, 0.4) is 0 Å². The molecule has 0 bridgehead atoms. The fraction of sp³-hybridized carbons (Fsp3) is 0.360. The maximum absolute atomic E-state index is 12.1. The lowest BCUT2D eigenvalue weighted by atomic mass is 10.0. The van der Waals surface area contributed by atoms with Crippen molar-refractivity contribution in [2.24, 2.45) is 5.92 Å². The first-order valence-electron chi connectivity index (χ1n) is 10.9. The molecule has 1 aliphatic rings. The summed E-state index contributed by atoms with van der Waals surface area (Å²) in [6, 6.07) is 17.6. The molecule has 168 valence electrons. The van der Waals surface area contributed by atoms with E-state index in [0.717, 1.165) is 43.0 Å². The summed E-state index contributed by atoms with van der Waals surface area (Å²) in [4.78, 5) is 12.1. The van der Waals surface area contributed by atoms with Crippen molar-refractivity contribution in [1.82, 2.24) is 15.1 Å². The Kier molecular flexibility index (Phi) is 7.07. The van der Waals surface area contributed by atoms with Gasteiger partial charge in [-0.2, -0.15) is 5.10 Å². The van der Waals surface area contributed by atoms with Gasteiger partial charge in [0.25, 0.3) is 5.91 Å². The quantitative estimate of drug-likeness (QED) is 0.583. The van der Waals surface area contributed by atoms with Crippen LogP contribution < -0.4 is 14.8 Å². The summed E-state index contributed by atoms with van der Waals surface area (Å²) in [6.07, 6.45) is 1.99. The summed E-state index contributed by atoms with van der Waals surface area (Å²) in [5.41, 5.74) is 3.85. The normalized spacial score (nSPS) is 14.2. The van der Waals surface area contributed by atoms with Gasteiger partial charge >= 0.3 is 0 Å². The SMILES string of the molecule is COc1cc(-c2ccc(OCC(=O)NCC3CCOCC3)cc2)nn1-c1ccc(C)cc1. The van der Waals surface area contributed by atoms with Crippen LogP contribution >= 0.6 is 0 Å². The molecule has 1 aliphatic heterocycles. The summed E-state index contributed by atoms with van der Waals surface area (Å²) in [5.74, 6) is 1.68. The maximum atomic E-state index is 12.1. The van der Waals surface area contributed by atoms with Gasteiger partial charge in [-0.1, -0.05) is 17.7 Å². The second-order valence-electron chi connectivity index (χ2n) is 7.99. The summed E-state index contributed by atoms with van der Waals surface area (Å²) in [5, 5.41) is 7.65. The van der Waals surface area contributed by atoms with E-state index >= 15 is 0 Å². The van der Waals surface area contributed by atoms with Crippen molar-refractivity contribution in [3.05, 3.63) is 60.2 Å². The lowest BCUT2D eigenvalue weighted by Crippen LogP contribution is -2.35. The number of nitrogens with zero attached hydrogens (tertiary/aromatic N) is 2. The van der Waals surface area contributed by atoms with Crippen LogP contribution in [0.5, 0.6) is 11.6 Å². The molecule has 1 aromatic heterocycles. The Morgan fingerprint density at radius 1 is 1.12 bits per heavy atom. The first-order valence-corrected chi connectivity index (χ1v) is 10.9. The van der Waals surface area contributed by atoms with E-state index in [0.29, 0.717) is 24.1 Å². The minimum Gasteiger partial charge on any atom is -0.484 e. The number of amides is 1. The summed E-state index contributed by atoms with van der Waals surface area (Å²) in [7, 11) is 1.63. The van der Waals surface area contributed by atoms with Crippen LogP contribution in [-0.2, 0) is 9.53 Å². The first-order chi connectivity index (χ1) is 15.6. The number of carbonyl (C=O) groups excluding carboxylic acids is 1. The molecule has 7 nitrogen and oxygen atoms in total. The van der Waals surface area contributed by atoms with E-state index in [9.17, 15) is 4.79 Å². The molecule has 2 aromatic carbocycles. The Labute approximate surface area is 188 Å². The van der Waals surface area contributed by atoms with E-state index in [2.05, 4.69) is 12.2 Å². The van der Waals surface area contributed by atoms with Crippen molar-refractivity contribution in [2.45, 2.75) is 19.8 Å². The van der Waals surface area contributed by atoms with Crippen LogP contribution in [0, 0.1) is 12.8 Å². The van der Waals surface area contributed by atoms with E-state index < -0.39 is 0 Å². The highest BCUT2D eigenvalue weighted by molar-refractivity contribution is 5.77. The molecule has 0 atom stereocenters. The highest BCUT2D eigenvalue weighted by Crippen LogP contribution is 2.27. The molecule has 0 saturated carbocycles. The monoisotopic (exact) mass is 435 g/mol. The summed E-state index contributed by atoms with van der Waals surface area (Å²) < 4.78 is 18.3. The second kappa shape index (κ2) is 10.3. The van der Waals surface area contributed by atoms with E-state index in [1.54, 1.807) is 11.8 Å². The molecule has 32 heavy (non-hydrogen) atoms. The molecule has 1 amide bonds. The van der Waals surface area contributed by atoms with Crippen LogP contribution in [0.25, 0.3) is 16.9 Å². The van der Waals surface area contributed by atoms with E-state index in [4.69, 9.17) is 19.3 Å². The number of hydrogen-bond acceptors (Lipinski definition) is 5. The highest BCUT2D eigenvalue weighted by Gasteiger charge is 2.15. The Balaban J connectivity index is 1.35. The lowest BCUT2D eigenvalue weighted by molar-refractivity contribution is -0.123. The van der Waals surface area contributed by atoms with Gasteiger partial charge in [-0.15, -0.1) is 0 Å². The predicted octanol–water partition coefficient (Wildman–Crippen LogP) is 3.78. The third-order valence-corrected chi connectivity index (χ3v) is 5.61. The van der Waals surface area contributed by atoms with Crippen LogP contribution in [0.15, 0.2) is 54.6 Å². The molecular formula is C25H29N3O4. The number of aromatic nitrogens is 2. The number of carbonyl (C=O) groups is 1. The molecule has 0 aliphatic carbocycles. The molecule has 3 aromatic rings. The average molecular weight is 436 g/mol. The molecule has 1 saturated heterocycles. The van der Waals surface area contributed by atoms with Crippen molar-refractivity contribution >= 4 is 5.91 Å². The molecule has 4 rings (SSSR count). The predicted molar refractivity (Wildman–Crippen MR) is 122 cm³/mol. The number of ether oxygens (including phenoxy) is 3. The van der Waals surface area contributed by atoms with Gasteiger partial charge in [-0.3, -0.25) is 4.79 Å². The van der Waals surface area contributed by atoms with Gasteiger partial charge < -0.3 is 19.5 Å². The summed E-state index contributed by atoms with van der Waals surface area (Å²) >= 11 is 0. The van der Waals surface area contributed by atoms with Crippen molar-refractivity contribution in [3.63, 3.8) is 0 Å². The van der Waals surface area contributed by atoms with Gasteiger partial charge in [-0.25, -0.2) is 4.68 Å². The standard InChI is InChI=1S/C25H29N3O4/c1-18-3-7-21(8-4-18)28-25(30-2)15-23(27-28)20-5-9-22(10-6-20)32-17-24(29)26-16-19-11-13-31-14-12-19/h3-10,15,19H,11-14,16-17H2,1-2H3,(H,26,29). The first kappa shape index (κ1) is 21.9. The fourth-order valence-corrected chi connectivity index (χ4v) is 3.65. The Morgan fingerprint density at radius 2 is 1.84 bits per heavy atom. The minimum atomic E-state index is -0.109. The van der Waals surface area contributed by atoms with Gasteiger partial charge in [0, 0.05) is 31.4 Å². The van der Waals surface area contributed by atoms with Crippen molar-refractivity contribution in [2.75, 3.05) is 33.5 Å². The molecule has 0 spiro atoms. The van der Waals surface area contributed by atoms with Gasteiger partial charge in [0.1, 0.15) is 5.75 Å². The third-order valence-electron chi connectivity index (χ3n) is 5.61. The number of aryl methyl sites for hydroxylation is 1. The third kappa shape index (κ3) is 5.48. The number of benzene rings is 2. The maximum Gasteiger partial charge on any atom is 0.257 e. The second-order valence-corrected chi connectivity index (χ2v) is 7.99. The van der Waals surface area contributed by atoms with Crippen LogP contribution in [0.1, 0.15) is 18.4 Å². The van der Waals surface area contributed by atoms with E-state index in [-0.39, 0.29) is 12.5 Å². The molecule has 2 heterocycles. The van der Waals surface area contributed by atoms with Crippen LogP contribution in [0.4, 0.5) is 0 Å². The Morgan fingerprint density at radius 3 is 2.53 bits per heavy atom. The van der Waals surface area contributed by atoms with Gasteiger partial charge in [0.2, 0.25) is 5.88 Å². The number of methoxy groups -OCH3 is 1. The Hall–Kier alpha value is -3.32. The van der Waals surface area contributed by atoms with Crippen molar-refractivity contribution in [1.29, 1.82) is 0 Å². The smallest absolute Gasteiger partial charge is 0.257 e. The zero-order valence-corrected chi connectivity index (χ0v) is 18.5. The molecular weight excluding hydrogens is 406 g/mol. The van der Waals surface area contributed by atoms with Crippen molar-refractivity contribution in [3.8, 4) is 28.6 Å². The molecule has 7 heteroatoms. The van der Waals surface area contributed by atoms with Crippen molar-refractivity contribution < 1.29 is 19.0 Å². The van der Waals surface area contributed by atoms with Gasteiger partial charge in [0.15, 0.2) is 6.61 Å². The van der Waals surface area contributed by atoms with Crippen LogP contribution in [0.2, 0.25) is 0 Å². The summed E-state index contributed by atoms with van der Waals surface area (Å²) in [6.45, 7) is 4.28. The zero-order chi connectivity index (χ0) is 22.3. The zero-order valence-electron chi connectivity index (χ0n) is 18.5. The molecule has 0 radical (unpaired) electrons. The van der Waals surface area contributed by atoms with Gasteiger partial charge in [0.05, 0.1) is 18.5 Å². The topological polar surface area (TPSA) is 74.6 Å². The minimum absolute atomic E-state index is 0.00155. The Bertz CT molecular complexity index is 1020. The number of nitrogens with one attached hydrogen (secondary N) is 1. The number of rotatable bonds is 8. The lowest BCUT2D eigenvalue weighted by Gasteiger charge is -2.22. The molecule has 1 fully saturated rings. The number of hydrogen-bond donors (Lipinski definition) is 1. The molecule has 1 N–H and O–H groups in total. The average Bonchev–Trinajstić information content (AvgIpc) is 3.27. The largest absolute Gasteiger partial charge is 0.484 e. The van der Waals surface area contributed by atoms with Gasteiger partial charge in [-0.05, 0) is 62.1 Å². The fourth-order valence-electron chi connectivity index (χ4n) is 3.65.